The molecule has 0 aliphatic carbocycles. The monoisotopic (exact) mass is 309 g/mol. The molecule has 8 heteroatoms. The third-order valence-electron chi connectivity index (χ3n) is 2.76. The summed E-state index contributed by atoms with van der Waals surface area (Å²) in [4.78, 5) is 10.5. The van der Waals surface area contributed by atoms with Crippen molar-refractivity contribution in [3.8, 4) is 0 Å². The molecule has 7 nitrogen and oxygen atoms in total. The van der Waals surface area contributed by atoms with Crippen LogP contribution in [0.25, 0.3) is 0 Å². The average molecular weight is 309 g/mol. The number of anilines is 1. The molecular formula is C13H15N3O4S. The van der Waals surface area contributed by atoms with Crippen molar-refractivity contribution in [2.24, 2.45) is 0 Å². The van der Waals surface area contributed by atoms with E-state index in [0.29, 0.717) is 12.2 Å². The number of hydrogen-bond acceptors (Lipinski definition) is 4. The lowest BCUT2D eigenvalue weighted by Gasteiger charge is -2.12. The van der Waals surface area contributed by atoms with E-state index in [2.05, 4.69) is 9.82 Å². The average Bonchev–Trinajstić information content (AvgIpc) is 2.92. The zero-order valence-electron chi connectivity index (χ0n) is 11.1. The second-order valence-corrected chi connectivity index (χ2v) is 6.27. The number of hydrogen-bond donors (Lipinski definition) is 2. The van der Waals surface area contributed by atoms with Gasteiger partial charge in [-0.3, -0.25) is 14.2 Å². The van der Waals surface area contributed by atoms with Gasteiger partial charge in [-0.2, -0.15) is 5.10 Å². The summed E-state index contributed by atoms with van der Waals surface area (Å²) in [7, 11) is -3.69. The van der Waals surface area contributed by atoms with E-state index < -0.39 is 28.2 Å². The second kappa shape index (κ2) is 6.40. The van der Waals surface area contributed by atoms with E-state index in [1.807, 2.05) is 0 Å². The number of para-hydroxylation sites is 1. The van der Waals surface area contributed by atoms with Gasteiger partial charge in [-0.25, -0.2) is 8.42 Å². The molecule has 0 fully saturated rings. The third-order valence-corrected chi connectivity index (χ3v) is 4.03. The van der Waals surface area contributed by atoms with Crippen LogP contribution < -0.4 is 4.72 Å². The molecule has 2 rings (SSSR count). The molecule has 2 aromatic rings. The number of carboxylic acids is 1. The summed E-state index contributed by atoms with van der Waals surface area (Å²) in [5, 5.41) is 12.6. The highest BCUT2D eigenvalue weighted by Gasteiger charge is 2.14. The number of sulfonamides is 1. The molecule has 0 radical (unpaired) electrons. The first-order chi connectivity index (χ1) is 9.96. The molecule has 0 spiro atoms. The van der Waals surface area contributed by atoms with Crippen LogP contribution in [0.5, 0.6) is 0 Å². The van der Waals surface area contributed by atoms with Crippen LogP contribution in [0.2, 0.25) is 0 Å². The van der Waals surface area contributed by atoms with Gasteiger partial charge in [-0.15, -0.1) is 0 Å². The van der Waals surface area contributed by atoms with E-state index in [-0.39, 0.29) is 0 Å². The van der Waals surface area contributed by atoms with Crippen LogP contribution in [0, 0.1) is 0 Å². The molecule has 0 saturated carbocycles. The Labute approximate surface area is 122 Å². The van der Waals surface area contributed by atoms with E-state index in [0.717, 1.165) is 5.56 Å². The molecule has 0 aliphatic rings. The Balaban J connectivity index is 2.14. The SMILES string of the molecule is O=C(O)CCS(=O)(=O)Nc1ccccc1Cn1cccn1. The van der Waals surface area contributed by atoms with Gasteiger partial charge in [0, 0.05) is 12.4 Å². The molecule has 0 atom stereocenters. The predicted octanol–water partition coefficient (Wildman–Crippen LogP) is 1.15. The van der Waals surface area contributed by atoms with Crippen molar-refractivity contribution in [3.63, 3.8) is 0 Å². The van der Waals surface area contributed by atoms with Crippen LogP contribution in [0.1, 0.15) is 12.0 Å². The molecule has 0 saturated heterocycles. The van der Waals surface area contributed by atoms with Gasteiger partial charge in [0.1, 0.15) is 0 Å². The molecule has 1 heterocycles. The van der Waals surface area contributed by atoms with Crippen molar-refractivity contribution in [2.45, 2.75) is 13.0 Å². The number of nitrogens with one attached hydrogen (secondary N) is 1. The van der Waals surface area contributed by atoms with E-state index in [1.54, 1.807) is 47.4 Å². The fourth-order valence-electron chi connectivity index (χ4n) is 1.77. The van der Waals surface area contributed by atoms with Gasteiger partial charge in [0.25, 0.3) is 0 Å². The van der Waals surface area contributed by atoms with Gasteiger partial charge in [-0.05, 0) is 17.7 Å². The maximum absolute atomic E-state index is 11.9. The summed E-state index contributed by atoms with van der Waals surface area (Å²) in [6.45, 7) is 0.421. The van der Waals surface area contributed by atoms with E-state index in [9.17, 15) is 13.2 Å². The summed E-state index contributed by atoms with van der Waals surface area (Å²) in [5.74, 6) is -1.61. The first-order valence-corrected chi connectivity index (χ1v) is 7.89. The van der Waals surface area contributed by atoms with Gasteiger partial charge in [0.2, 0.25) is 10.0 Å². The summed E-state index contributed by atoms with van der Waals surface area (Å²) in [5.41, 5.74) is 1.18. The third kappa shape index (κ3) is 4.60. The quantitative estimate of drug-likeness (QED) is 0.799. The summed E-state index contributed by atoms with van der Waals surface area (Å²) < 4.78 is 27.8. The maximum Gasteiger partial charge on any atom is 0.304 e. The summed E-state index contributed by atoms with van der Waals surface area (Å²) in [6.07, 6.45) is 2.98. The Bertz CT molecular complexity index is 711. The Morgan fingerprint density at radius 3 is 2.71 bits per heavy atom. The molecule has 2 N–H and O–H groups in total. The van der Waals surface area contributed by atoms with Crippen molar-refractivity contribution in [1.82, 2.24) is 9.78 Å². The Hall–Kier alpha value is -2.35. The number of aliphatic carboxylic acids is 1. The topological polar surface area (TPSA) is 101 Å². The molecule has 1 aromatic heterocycles. The number of nitrogens with zero attached hydrogens (tertiary/aromatic N) is 2. The maximum atomic E-state index is 11.9. The molecule has 112 valence electrons. The van der Waals surface area contributed by atoms with Gasteiger partial charge >= 0.3 is 5.97 Å². The second-order valence-electron chi connectivity index (χ2n) is 4.43. The molecular weight excluding hydrogens is 294 g/mol. The van der Waals surface area contributed by atoms with Crippen LogP contribution in [-0.2, 0) is 21.4 Å². The standard InChI is InChI=1S/C13H15N3O4S/c17-13(18)6-9-21(19,20)15-12-5-2-1-4-11(12)10-16-8-3-7-14-16/h1-5,7-8,15H,6,9-10H2,(H,17,18). The number of rotatable bonds is 7. The van der Waals surface area contributed by atoms with Gasteiger partial charge in [0.05, 0.1) is 24.4 Å². The molecule has 0 bridgehead atoms. The van der Waals surface area contributed by atoms with Crippen molar-refractivity contribution in [2.75, 3.05) is 10.5 Å². The molecule has 0 unspecified atom stereocenters. The highest BCUT2D eigenvalue weighted by Crippen LogP contribution is 2.18. The molecule has 1 aromatic carbocycles. The summed E-state index contributed by atoms with van der Waals surface area (Å²) in [6, 6.07) is 8.71. The van der Waals surface area contributed by atoms with Crippen molar-refractivity contribution in [1.29, 1.82) is 0 Å². The zero-order valence-corrected chi connectivity index (χ0v) is 12.0. The minimum Gasteiger partial charge on any atom is -0.481 e. The van der Waals surface area contributed by atoms with E-state index in [4.69, 9.17) is 5.11 Å². The predicted molar refractivity (Wildman–Crippen MR) is 77.4 cm³/mol. The van der Waals surface area contributed by atoms with Crippen LogP contribution >= 0.6 is 0 Å². The zero-order chi connectivity index (χ0) is 15.3. The first kappa shape index (κ1) is 15.0. The van der Waals surface area contributed by atoms with Crippen molar-refractivity contribution >= 4 is 21.7 Å². The van der Waals surface area contributed by atoms with Gasteiger partial charge in [-0.1, -0.05) is 18.2 Å². The van der Waals surface area contributed by atoms with Gasteiger partial charge < -0.3 is 5.11 Å². The first-order valence-electron chi connectivity index (χ1n) is 6.24. The van der Waals surface area contributed by atoms with Crippen LogP contribution in [0.15, 0.2) is 42.7 Å². The number of aromatic nitrogens is 2. The summed E-state index contributed by atoms with van der Waals surface area (Å²) >= 11 is 0. The fourth-order valence-corrected chi connectivity index (χ4v) is 2.85. The number of carboxylic acid groups (broad SMARTS) is 1. The Kier molecular flexibility index (Phi) is 4.59. The lowest BCUT2D eigenvalue weighted by molar-refractivity contribution is -0.136. The van der Waals surface area contributed by atoms with Gasteiger partial charge in [0.15, 0.2) is 0 Å². The number of carbonyl (C=O) groups is 1. The van der Waals surface area contributed by atoms with Crippen molar-refractivity contribution < 1.29 is 18.3 Å². The fraction of sp³-hybridized carbons (Fsp3) is 0.231. The smallest absolute Gasteiger partial charge is 0.304 e. The van der Waals surface area contributed by atoms with Crippen molar-refractivity contribution in [3.05, 3.63) is 48.3 Å². The minimum atomic E-state index is -3.69. The minimum absolute atomic E-state index is 0.421. The number of benzene rings is 1. The lowest BCUT2D eigenvalue weighted by atomic mass is 10.2. The molecule has 0 aliphatic heterocycles. The van der Waals surface area contributed by atoms with E-state index in [1.165, 1.54) is 0 Å². The lowest BCUT2D eigenvalue weighted by Crippen LogP contribution is -2.20. The van der Waals surface area contributed by atoms with Crippen LogP contribution in [-0.4, -0.2) is 35.0 Å². The Morgan fingerprint density at radius 2 is 2.05 bits per heavy atom. The highest BCUT2D eigenvalue weighted by atomic mass is 32.2. The Morgan fingerprint density at radius 1 is 1.29 bits per heavy atom. The largest absolute Gasteiger partial charge is 0.481 e. The van der Waals surface area contributed by atoms with Crippen LogP contribution in [0.3, 0.4) is 0 Å². The highest BCUT2D eigenvalue weighted by molar-refractivity contribution is 7.92. The van der Waals surface area contributed by atoms with Crippen LogP contribution in [0.4, 0.5) is 5.69 Å². The normalized spacial score (nSPS) is 11.2. The molecule has 0 amide bonds. The molecule has 21 heavy (non-hydrogen) atoms. The van der Waals surface area contributed by atoms with E-state index >= 15 is 0 Å².